The number of aromatic nitrogens is 2. The number of nitrogens with two attached hydrogens (primary N) is 1. The highest BCUT2D eigenvalue weighted by Crippen LogP contribution is 2.25. The summed E-state index contributed by atoms with van der Waals surface area (Å²) in [4.78, 5) is 0. The summed E-state index contributed by atoms with van der Waals surface area (Å²) in [5.41, 5.74) is 5.97. The van der Waals surface area contributed by atoms with Crippen molar-refractivity contribution < 1.29 is 9.60 Å². The van der Waals surface area contributed by atoms with Gasteiger partial charge < -0.3 is 10.9 Å². The van der Waals surface area contributed by atoms with Gasteiger partial charge in [0.15, 0.2) is 11.7 Å². The largest absolute Gasteiger partial charge is 0.409 e. The van der Waals surface area contributed by atoms with Crippen LogP contribution in [-0.4, -0.2) is 20.8 Å². The van der Waals surface area contributed by atoms with Crippen LogP contribution in [0, 0.1) is 5.82 Å². The molecule has 0 saturated heterocycles. The van der Waals surface area contributed by atoms with E-state index >= 15 is 0 Å². The third-order valence-corrected chi connectivity index (χ3v) is 2.97. The molecule has 0 radical (unpaired) electrons. The minimum absolute atomic E-state index is 0.126. The molecule has 1 aromatic heterocycles. The van der Waals surface area contributed by atoms with E-state index < -0.39 is 5.82 Å². The van der Waals surface area contributed by atoms with Crippen LogP contribution in [0.5, 0.6) is 0 Å². The molecule has 0 amide bonds. The normalized spacial score (nSPS) is 11.8. The van der Waals surface area contributed by atoms with Crippen LogP contribution in [0.15, 0.2) is 40.2 Å². The standard InChI is InChI=1S/C10H8BrFN4O/c11-8-6(10(13)15-17)2-3-7(9(8)12)16-5-1-4-14-16/h1-5,17H,(H2,13,15). The molecule has 0 aliphatic heterocycles. The maximum Gasteiger partial charge on any atom is 0.171 e. The number of benzene rings is 1. The molecule has 5 nitrogen and oxygen atoms in total. The van der Waals surface area contributed by atoms with Crippen LogP contribution >= 0.6 is 15.9 Å². The van der Waals surface area contributed by atoms with Crippen LogP contribution in [0.2, 0.25) is 0 Å². The van der Waals surface area contributed by atoms with E-state index in [-0.39, 0.29) is 21.6 Å². The minimum atomic E-state index is -0.530. The summed E-state index contributed by atoms with van der Waals surface area (Å²) >= 11 is 3.07. The molecular weight excluding hydrogens is 291 g/mol. The predicted molar refractivity (Wildman–Crippen MR) is 63.7 cm³/mol. The summed E-state index contributed by atoms with van der Waals surface area (Å²) in [5, 5.41) is 15.3. The van der Waals surface area contributed by atoms with Crippen LogP contribution in [0.1, 0.15) is 5.56 Å². The first kappa shape index (κ1) is 11.6. The SMILES string of the molecule is N/C(=N/O)c1ccc(-n2cccn2)c(F)c1Br. The maximum absolute atomic E-state index is 14.0. The van der Waals surface area contributed by atoms with Gasteiger partial charge in [-0.2, -0.15) is 5.10 Å². The average Bonchev–Trinajstić information content (AvgIpc) is 2.85. The first-order valence-electron chi connectivity index (χ1n) is 4.61. The van der Waals surface area contributed by atoms with Crippen molar-refractivity contribution in [3.8, 4) is 5.69 Å². The number of halogens is 2. The zero-order chi connectivity index (χ0) is 12.4. The Labute approximate surface area is 104 Å². The van der Waals surface area contributed by atoms with E-state index in [0.29, 0.717) is 0 Å². The molecular formula is C10H8BrFN4O. The van der Waals surface area contributed by atoms with Gasteiger partial charge in [-0.15, -0.1) is 0 Å². The molecule has 0 aliphatic rings. The first-order chi connectivity index (χ1) is 8.15. The van der Waals surface area contributed by atoms with Crippen molar-refractivity contribution >= 4 is 21.8 Å². The molecule has 17 heavy (non-hydrogen) atoms. The lowest BCUT2D eigenvalue weighted by Gasteiger charge is -2.08. The van der Waals surface area contributed by atoms with Gasteiger partial charge in [-0.1, -0.05) is 5.16 Å². The predicted octanol–water partition coefficient (Wildman–Crippen LogP) is 1.87. The summed E-state index contributed by atoms with van der Waals surface area (Å²) in [7, 11) is 0. The summed E-state index contributed by atoms with van der Waals surface area (Å²) in [6.45, 7) is 0. The lowest BCUT2D eigenvalue weighted by molar-refractivity contribution is 0.318. The smallest absolute Gasteiger partial charge is 0.171 e. The van der Waals surface area contributed by atoms with Gasteiger partial charge in [0, 0.05) is 18.0 Å². The summed E-state index contributed by atoms with van der Waals surface area (Å²) in [5.74, 6) is -0.694. The summed E-state index contributed by atoms with van der Waals surface area (Å²) in [6.07, 6.45) is 3.17. The van der Waals surface area contributed by atoms with Crippen molar-refractivity contribution in [2.24, 2.45) is 10.9 Å². The Hall–Kier alpha value is -1.89. The van der Waals surface area contributed by atoms with Gasteiger partial charge >= 0.3 is 0 Å². The number of nitrogens with zero attached hydrogens (tertiary/aromatic N) is 3. The van der Waals surface area contributed by atoms with Gasteiger partial charge in [-0.05, 0) is 34.1 Å². The van der Waals surface area contributed by atoms with Crippen LogP contribution in [-0.2, 0) is 0 Å². The minimum Gasteiger partial charge on any atom is -0.409 e. The van der Waals surface area contributed by atoms with Crippen molar-refractivity contribution in [2.75, 3.05) is 0 Å². The molecule has 0 saturated carbocycles. The number of hydrogen-bond acceptors (Lipinski definition) is 3. The van der Waals surface area contributed by atoms with Crippen LogP contribution in [0.4, 0.5) is 4.39 Å². The van der Waals surface area contributed by atoms with Crippen molar-refractivity contribution in [1.82, 2.24) is 9.78 Å². The second kappa shape index (κ2) is 4.54. The molecule has 2 rings (SSSR count). The Kier molecular flexibility index (Phi) is 3.10. The molecule has 3 N–H and O–H groups in total. The molecule has 0 atom stereocenters. The molecule has 0 unspecified atom stereocenters. The lowest BCUT2D eigenvalue weighted by Crippen LogP contribution is -2.15. The Morgan fingerprint density at radius 1 is 1.53 bits per heavy atom. The highest BCUT2D eigenvalue weighted by Gasteiger charge is 2.15. The molecule has 88 valence electrons. The number of amidine groups is 1. The van der Waals surface area contributed by atoms with Gasteiger partial charge in [0.25, 0.3) is 0 Å². The van der Waals surface area contributed by atoms with E-state index in [0.717, 1.165) is 0 Å². The van der Waals surface area contributed by atoms with Crippen LogP contribution < -0.4 is 5.73 Å². The fourth-order valence-corrected chi connectivity index (χ4v) is 1.92. The topological polar surface area (TPSA) is 76.4 Å². The van der Waals surface area contributed by atoms with Crippen molar-refractivity contribution in [3.63, 3.8) is 0 Å². The third-order valence-electron chi connectivity index (χ3n) is 2.20. The molecule has 0 spiro atoms. The van der Waals surface area contributed by atoms with E-state index in [1.807, 2.05) is 0 Å². The van der Waals surface area contributed by atoms with E-state index in [1.54, 1.807) is 24.5 Å². The molecule has 7 heteroatoms. The number of rotatable bonds is 2. The Balaban J connectivity index is 2.58. The summed E-state index contributed by atoms with van der Waals surface area (Å²) in [6, 6.07) is 4.73. The number of hydrogen-bond donors (Lipinski definition) is 2. The zero-order valence-electron chi connectivity index (χ0n) is 8.51. The van der Waals surface area contributed by atoms with E-state index in [2.05, 4.69) is 26.2 Å². The average molecular weight is 299 g/mol. The number of oxime groups is 1. The Morgan fingerprint density at radius 3 is 2.88 bits per heavy atom. The quantitative estimate of drug-likeness (QED) is 0.385. The highest BCUT2D eigenvalue weighted by molar-refractivity contribution is 9.10. The molecule has 1 heterocycles. The fourth-order valence-electron chi connectivity index (χ4n) is 1.38. The van der Waals surface area contributed by atoms with Crippen molar-refractivity contribution in [2.45, 2.75) is 0 Å². The van der Waals surface area contributed by atoms with Crippen molar-refractivity contribution in [1.29, 1.82) is 0 Å². The monoisotopic (exact) mass is 298 g/mol. The Bertz CT molecular complexity index is 568. The highest BCUT2D eigenvalue weighted by atomic mass is 79.9. The maximum atomic E-state index is 14.0. The molecule has 0 fully saturated rings. The molecule has 0 bridgehead atoms. The first-order valence-corrected chi connectivity index (χ1v) is 5.40. The van der Waals surface area contributed by atoms with Gasteiger partial charge in [-0.3, -0.25) is 0 Å². The molecule has 1 aromatic carbocycles. The van der Waals surface area contributed by atoms with E-state index in [4.69, 9.17) is 10.9 Å². The Morgan fingerprint density at radius 2 is 2.29 bits per heavy atom. The summed E-state index contributed by atoms with van der Waals surface area (Å²) < 4.78 is 15.5. The zero-order valence-corrected chi connectivity index (χ0v) is 10.1. The van der Waals surface area contributed by atoms with Gasteiger partial charge in [0.2, 0.25) is 0 Å². The van der Waals surface area contributed by atoms with Crippen LogP contribution in [0.3, 0.4) is 0 Å². The van der Waals surface area contributed by atoms with Gasteiger partial charge in [0.05, 0.1) is 4.47 Å². The second-order valence-corrected chi connectivity index (χ2v) is 3.99. The van der Waals surface area contributed by atoms with E-state index in [9.17, 15) is 4.39 Å². The van der Waals surface area contributed by atoms with Gasteiger partial charge in [0.1, 0.15) is 5.69 Å². The third kappa shape index (κ3) is 2.01. The van der Waals surface area contributed by atoms with Crippen LogP contribution in [0.25, 0.3) is 5.69 Å². The fraction of sp³-hybridized carbons (Fsp3) is 0. The van der Waals surface area contributed by atoms with E-state index in [1.165, 1.54) is 10.7 Å². The molecule has 2 aromatic rings. The molecule has 0 aliphatic carbocycles. The van der Waals surface area contributed by atoms with Crippen molar-refractivity contribution in [3.05, 3.63) is 46.4 Å². The van der Waals surface area contributed by atoms with Gasteiger partial charge in [-0.25, -0.2) is 9.07 Å². The lowest BCUT2D eigenvalue weighted by atomic mass is 10.2. The second-order valence-electron chi connectivity index (χ2n) is 3.20.